The molecule has 1 saturated carbocycles. The molecule has 0 spiro atoms. The molecule has 1 aromatic rings. The van der Waals surface area contributed by atoms with E-state index < -0.39 is 5.97 Å². The lowest BCUT2D eigenvalue weighted by Gasteiger charge is -2.12. The van der Waals surface area contributed by atoms with Crippen LogP contribution >= 0.6 is 0 Å². The second kappa shape index (κ2) is 4.96. The Labute approximate surface area is 111 Å². The first kappa shape index (κ1) is 12.1. The van der Waals surface area contributed by atoms with Gasteiger partial charge in [-0.3, -0.25) is 0 Å². The van der Waals surface area contributed by atoms with Gasteiger partial charge in [-0.25, -0.2) is 4.79 Å². The summed E-state index contributed by atoms with van der Waals surface area (Å²) in [6, 6.07) is 5.95. The highest BCUT2D eigenvalue weighted by atomic mass is 16.7. The van der Waals surface area contributed by atoms with Crippen molar-refractivity contribution in [3.8, 4) is 11.5 Å². The zero-order valence-electron chi connectivity index (χ0n) is 10.6. The molecular formula is C15H16O4. The minimum atomic E-state index is -0.840. The first-order chi connectivity index (χ1) is 9.22. The molecule has 19 heavy (non-hydrogen) atoms. The van der Waals surface area contributed by atoms with Crippen LogP contribution in [0.2, 0.25) is 0 Å². The predicted octanol–water partition coefficient (Wildman–Crippen LogP) is 2.77. The Kier molecular flexibility index (Phi) is 3.15. The molecule has 3 rings (SSSR count). The molecule has 0 amide bonds. The molecule has 1 N–H and O–H groups in total. The second-order valence-corrected chi connectivity index (χ2v) is 5.04. The van der Waals surface area contributed by atoms with E-state index in [1.54, 1.807) is 0 Å². The van der Waals surface area contributed by atoms with E-state index in [0.29, 0.717) is 5.92 Å². The molecule has 1 unspecified atom stereocenters. The molecule has 1 aliphatic carbocycles. The lowest BCUT2D eigenvalue weighted by atomic mass is 9.94. The van der Waals surface area contributed by atoms with Crippen molar-refractivity contribution < 1.29 is 19.4 Å². The smallest absolute Gasteiger partial charge is 0.328 e. The number of aliphatic carboxylic acids is 1. The van der Waals surface area contributed by atoms with Crippen molar-refractivity contribution in [3.05, 3.63) is 35.4 Å². The van der Waals surface area contributed by atoms with Gasteiger partial charge in [0.05, 0.1) is 0 Å². The van der Waals surface area contributed by atoms with Crippen molar-refractivity contribution >= 4 is 5.97 Å². The number of ether oxygens (including phenoxy) is 2. The molecule has 0 radical (unpaired) electrons. The molecule has 4 heteroatoms. The summed E-state index contributed by atoms with van der Waals surface area (Å²) in [6.45, 7) is 0.284. The van der Waals surface area contributed by atoms with Crippen molar-refractivity contribution in [2.24, 2.45) is 5.92 Å². The Morgan fingerprint density at radius 2 is 2.21 bits per heavy atom. The average molecular weight is 260 g/mol. The molecule has 4 nitrogen and oxygen atoms in total. The van der Waals surface area contributed by atoms with Crippen molar-refractivity contribution in [1.29, 1.82) is 0 Å². The summed E-state index contributed by atoms with van der Waals surface area (Å²) < 4.78 is 10.6. The molecule has 0 saturated heterocycles. The van der Waals surface area contributed by atoms with E-state index >= 15 is 0 Å². The van der Waals surface area contributed by atoms with E-state index in [-0.39, 0.29) is 6.79 Å². The van der Waals surface area contributed by atoms with E-state index in [0.717, 1.165) is 42.8 Å². The van der Waals surface area contributed by atoms with Crippen molar-refractivity contribution in [1.82, 2.24) is 0 Å². The molecule has 100 valence electrons. The zero-order valence-corrected chi connectivity index (χ0v) is 10.6. The van der Waals surface area contributed by atoms with Gasteiger partial charge in [0.1, 0.15) is 0 Å². The van der Waals surface area contributed by atoms with E-state index in [9.17, 15) is 4.79 Å². The maximum atomic E-state index is 10.8. The van der Waals surface area contributed by atoms with Crippen LogP contribution in [0.5, 0.6) is 11.5 Å². The highest BCUT2D eigenvalue weighted by Gasteiger charge is 2.23. The number of rotatable bonds is 3. The van der Waals surface area contributed by atoms with Gasteiger partial charge in [0.25, 0.3) is 0 Å². The monoisotopic (exact) mass is 260 g/mol. The minimum absolute atomic E-state index is 0.284. The van der Waals surface area contributed by atoms with Gasteiger partial charge >= 0.3 is 5.97 Å². The third-order valence-corrected chi connectivity index (χ3v) is 3.77. The molecule has 1 aromatic carbocycles. The van der Waals surface area contributed by atoms with Gasteiger partial charge < -0.3 is 14.6 Å². The molecule has 1 fully saturated rings. The molecular weight excluding hydrogens is 244 g/mol. The number of allylic oxidation sites excluding steroid dienone is 1. The average Bonchev–Trinajstić information content (AvgIpc) is 2.98. The van der Waals surface area contributed by atoms with Gasteiger partial charge in [-0.1, -0.05) is 11.6 Å². The number of fused-ring (bicyclic) bond motifs is 1. The maximum Gasteiger partial charge on any atom is 0.328 e. The fourth-order valence-corrected chi connectivity index (χ4v) is 2.88. The summed E-state index contributed by atoms with van der Waals surface area (Å²) in [6.07, 6.45) is 5.30. The topological polar surface area (TPSA) is 55.8 Å². The number of hydrogen-bond acceptors (Lipinski definition) is 3. The summed E-state index contributed by atoms with van der Waals surface area (Å²) in [4.78, 5) is 10.8. The fraction of sp³-hybridized carbons (Fsp3) is 0.400. The quantitative estimate of drug-likeness (QED) is 0.849. The highest BCUT2D eigenvalue weighted by Crippen LogP contribution is 2.37. The molecule has 1 atom stereocenters. The zero-order chi connectivity index (χ0) is 13.2. The molecule has 1 aliphatic heterocycles. The van der Waals surface area contributed by atoms with E-state index in [2.05, 4.69) is 0 Å². The van der Waals surface area contributed by atoms with Crippen LogP contribution in [-0.2, 0) is 11.2 Å². The van der Waals surface area contributed by atoms with Gasteiger partial charge in [-0.15, -0.1) is 0 Å². The van der Waals surface area contributed by atoms with Crippen LogP contribution in [0.1, 0.15) is 24.8 Å². The normalized spacial score (nSPS) is 22.9. The van der Waals surface area contributed by atoms with Crippen LogP contribution in [0.25, 0.3) is 0 Å². The first-order valence-corrected chi connectivity index (χ1v) is 6.54. The summed E-state index contributed by atoms with van der Waals surface area (Å²) in [5, 5.41) is 8.87. The van der Waals surface area contributed by atoms with Gasteiger partial charge in [-0.05, 0) is 49.3 Å². The summed E-state index contributed by atoms with van der Waals surface area (Å²) in [5.41, 5.74) is 2.23. The predicted molar refractivity (Wildman–Crippen MR) is 69.3 cm³/mol. The van der Waals surface area contributed by atoms with Gasteiger partial charge in [0, 0.05) is 6.08 Å². The van der Waals surface area contributed by atoms with Gasteiger partial charge in [-0.2, -0.15) is 0 Å². The first-order valence-electron chi connectivity index (χ1n) is 6.54. The summed E-state index contributed by atoms with van der Waals surface area (Å²) in [5.74, 6) is 1.08. The van der Waals surface area contributed by atoms with Crippen LogP contribution < -0.4 is 9.47 Å². The standard InChI is InChI=1S/C15H16O4/c16-15(17)8-12-3-1-2-11(12)6-10-4-5-13-14(7-10)19-9-18-13/h4-5,7-8,11H,1-3,6,9H2,(H,16,17)/b12-8+. The van der Waals surface area contributed by atoms with Crippen LogP contribution in [0.15, 0.2) is 29.8 Å². The Morgan fingerprint density at radius 1 is 1.37 bits per heavy atom. The Bertz CT molecular complexity index is 533. The number of carboxylic acid groups (broad SMARTS) is 1. The van der Waals surface area contributed by atoms with E-state index in [1.165, 1.54) is 11.6 Å². The lowest BCUT2D eigenvalue weighted by Crippen LogP contribution is -2.04. The lowest BCUT2D eigenvalue weighted by molar-refractivity contribution is -0.131. The Balaban J connectivity index is 1.76. The van der Waals surface area contributed by atoms with Crippen LogP contribution in [0.3, 0.4) is 0 Å². The third-order valence-electron chi connectivity index (χ3n) is 3.77. The van der Waals surface area contributed by atoms with E-state index in [1.807, 2.05) is 18.2 Å². The molecule has 0 bridgehead atoms. The minimum Gasteiger partial charge on any atom is -0.478 e. The Morgan fingerprint density at radius 3 is 3.05 bits per heavy atom. The SMILES string of the molecule is O=C(O)/C=C1\CCCC1Cc1ccc2c(c1)OCO2. The summed E-state index contributed by atoms with van der Waals surface area (Å²) >= 11 is 0. The Hall–Kier alpha value is -1.97. The number of hydrogen-bond donors (Lipinski definition) is 1. The number of benzene rings is 1. The van der Waals surface area contributed by atoms with Gasteiger partial charge in [0.2, 0.25) is 6.79 Å². The summed E-state index contributed by atoms with van der Waals surface area (Å²) in [7, 11) is 0. The van der Waals surface area contributed by atoms with Crippen molar-refractivity contribution in [2.45, 2.75) is 25.7 Å². The van der Waals surface area contributed by atoms with E-state index in [4.69, 9.17) is 14.6 Å². The molecule has 1 heterocycles. The highest BCUT2D eigenvalue weighted by molar-refractivity contribution is 5.80. The van der Waals surface area contributed by atoms with Gasteiger partial charge in [0.15, 0.2) is 11.5 Å². The largest absolute Gasteiger partial charge is 0.478 e. The fourth-order valence-electron chi connectivity index (χ4n) is 2.88. The molecule has 0 aromatic heterocycles. The van der Waals surface area contributed by atoms with Crippen molar-refractivity contribution in [3.63, 3.8) is 0 Å². The molecule has 2 aliphatic rings. The third kappa shape index (κ3) is 2.57. The second-order valence-electron chi connectivity index (χ2n) is 5.04. The number of carbonyl (C=O) groups is 1. The van der Waals surface area contributed by atoms with Crippen LogP contribution in [0, 0.1) is 5.92 Å². The van der Waals surface area contributed by atoms with Crippen LogP contribution in [0.4, 0.5) is 0 Å². The van der Waals surface area contributed by atoms with Crippen molar-refractivity contribution in [2.75, 3.05) is 6.79 Å². The number of carboxylic acids is 1. The van der Waals surface area contributed by atoms with Crippen LogP contribution in [-0.4, -0.2) is 17.9 Å². The maximum absolute atomic E-state index is 10.8.